The van der Waals surface area contributed by atoms with E-state index in [2.05, 4.69) is 55.1 Å². The van der Waals surface area contributed by atoms with Crippen molar-refractivity contribution >= 4 is 11.8 Å². The Kier molecular flexibility index (Phi) is 3.60. The summed E-state index contributed by atoms with van der Waals surface area (Å²) in [5.41, 5.74) is 4.74. The lowest BCUT2D eigenvalue weighted by Crippen LogP contribution is -2.07. The van der Waals surface area contributed by atoms with E-state index < -0.39 is 0 Å². The van der Waals surface area contributed by atoms with E-state index in [0.29, 0.717) is 5.25 Å². The first kappa shape index (κ1) is 12.1. The lowest BCUT2D eigenvalue weighted by molar-refractivity contribution is 0.691. The summed E-state index contributed by atoms with van der Waals surface area (Å²) in [6, 6.07) is 10.9. The summed E-state index contributed by atoms with van der Waals surface area (Å²) in [6.45, 7) is 2.29. The Balaban J connectivity index is 1.93. The van der Waals surface area contributed by atoms with E-state index in [4.69, 9.17) is 0 Å². The molecule has 1 aromatic rings. The predicted octanol–water partition coefficient (Wildman–Crippen LogP) is 5.64. The molecule has 0 N–H and O–H groups in total. The number of hydrogen-bond donors (Lipinski definition) is 0. The highest BCUT2D eigenvalue weighted by molar-refractivity contribution is 8.03. The van der Waals surface area contributed by atoms with Crippen LogP contribution in [0.25, 0.3) is 0 Å². The molecule has 2 aliphatic rings. The zero-order valence-electron chi connectivity index (χ0n) is 11.0. The molecule has 0 nitrogen and oxygen atoms in total. The second-order valence-electron chi connectivity index (χ2n) is 5.10. The first-order valence-corrected chi connectivity index (χ1v) is 7.91. The van der Waals surface area contributed by atoms with Gasteiger partial charge < -0.3 is 0 Å². The van der Waals surface area contributed by atoms with Crippen LogP contribution in [0.5, 0.6) is 0 Å². The zero-order chi connectivity index (χ0) is 12.4. The standard InChI is InChI=1S/C17H20S/c1-2-13-12-17(14-8-4-3-5-9-14)18-16-11-7-6-10-15(13)16/h3-5,8-9,12,17H,2,6-7,10-11H2,1H3. The van der Waals surface area contributed by atoms with Crippen molar-refractivity contribution in [2.24, 2.45) is 0 Å². The van der Waals surface area contributed by atoms with Gasteiger partial charge in [0.2, 0.25) is 0 Å². The normalized spacial score (nSPS) is 23.6. The molecule has 1 heteroatoms. The van der Waals surface area contributed by atoms with Crippen molar-refractivity contribution in [1.29, 1.82) is 0 Å². The number of allylic oxidation sites excluding steroid dienone is 3. The average molecular weight is 256 g/mol. The van der Waals surface area contributed by atoms with E-state index in [9.17, 15) is 0 Å². The molecular formula is C17H20S. The van der Waals surface area contributed by atoms with E-state index in [1.807, 2.05) is 0 Å². The van der Waals surface area contributed by atoms with Gasteiger partial charge in [-0.05, 0) is 53.7 Å². The van der Waals surface area contributed by atoms with Crippen LogP contribution in [0.15, 0.2) is 52.5 Å². The van der Waals surface area contributed by atoms with Gasteiger partial charge in [0.1, 0.15) is 0 Å². The van der Waals surface area contributed by atoms with Crippen LogP contribution in [0.4, 0.5) is 0 Å². The Morgan fingerprint density at radius 1 is 1.11 bits per heavy atom. The maximum Gasteiger partial charge on any atom is 0.0527 e. The molecule has 0 radical (unpaired) electrons. The third-order valence-electron chi connectivity index (χ3n) is 3.94. The number of hydrogen-bond acceptors (Lipinski definition) is 1. The van der Waals surface area contributed by atoms with Gasteiger partial charge in [-0.25, -0.2) is 0 Å². The smallest absolute Gasteiger partial charge is 0.0527 e. The van der Waals surface area contributed by atoms with Crippen LogP contribution in [-0.4, -0.2) is 0 Å². The fraction of sp³-hybridized carbons (Fsp3) is 0.412. The molecule has 18 heavy (non-hydrogen) atoms. The largest absolute Gasteiger partial charge is 0.118 e. The molecule has 1 heterocycles. The maximum atomic E-state index is 2.50. The van der Waals surface area contributed by atoms with Gasteiger partial charge in [0, 0.05) is 0 Å². The van der Waals surface area contributed by atoms with Crippen molar-refractivity contribution in [2.45, 2.75) is 44.3 Å². The SMILES string of the molecule is CCC1=CC(c2ccccc2)SC2=C1CCCC2. The quantitative estimate of drug-likeness (QED) is 0.660. The van der Waals surface area contributed by atoms with Gasteiger partial charge in [-0.1, -0.05) is 43.3 Å². The first-order valence-electron chi connectivity index (χ1n) is 7.03. The summed E-state index contributed by atoms with van der Waals surface area (Å²) in [5.74, 6) is 0. The Bertz CT molecular complexity index is 482. The second kappa shape index (κ2) is 5.36. The van der Waals surface area contributed by atoms with Crippen LogP contribution in [0.3, 0.4) is 0 Å². The molecule has 0 bridgehead atoms. The van der Waals surface area contributed by atoms with E-state index >= 15 is 0 Å². The molecule has 3 rings (SSSR count). The van der Waals surface area contributed by atoms with Crippen LogP contribution < -0.4 is 0 Å². The number of thioether (sulfide) groups is 1. The molecule has 0 amide bonds. The number of rotatable bonds is 2. The van der Waals surface area contributed by atoms with Crippen LogP contribution in [0.1, 0.15) is 49.8 Å². The van der Waals surface area contributed by atoms with Crippen LogP contribution in [-0.2, 0) is 0 Å². The van der Waals surface area contributed by atoms with Crippen molar-refractivity contribution in [3.05, 3.63) is 58.0 Å². The topological polar surface area (TPSA) is 0 Å². The molecule has 0 fully saturated rings. The number of benzene rings is 1. The van der Waals surface area contributed by atoms with Crippen LogP contribution >= 0.6 is 11.8 Å². The minimum Gasteiger partial charge on any atom is -0.118 e. The van der Waals surface area contributed by atoms with Gasteiger partial charge in [-0.3, -0.25) is 0 Å². The van der Waals surface area contributed by atoms with Crippen molar-refractivity contribution in [3.8, 4) is 0 Å². The monoisotopic (exact) mass is 256 g/mol. The molecule has 1 aromatic carbocycles. The molecule has 1 aliphatic heterocycles. The van der Waals surface area contributed by atoms with E-state index in [1.165, 1.54) is 37.7 Å². The minimum atomic E-state index is 0.540. The Labute approximate surface area is 114 Å². The second-order valence-corrected chi connectivity index (χ2v) is 6.34. The summed E-state index contributed by atoms with van der Waals surface area (Å²) in [4.78, 5) is 1.68. The highest BCUT2D eigenvalue weighted by Gasteiger charge is 2.24. The third-order valence-corrected chi connectivity index (χ3v) is 5.33. The van der Waals surface area contributed by atoms with E-state index in [1.54, 1.807) is 16.1 Å². The van der Waals surface area contributed by atoms with Gasteiger partial charge in [0.25, 0.3) is 0 Å². The molecule has 1 aliphatic carbocycles. The van der Waals surface area contributed by atoms with Crippen molar-refractivity contribution < 1.29 is 0 Å². The summed E-state index contributed by atoms with van der Waals surface area (Å²) in [7, 11) is 0. The lowest BCUT2D eigenvalue weighted by Gasteiger charge is -2.29. The molecule has 1 atom stereocenters. The Hall–Kier alpha value is -0.950. The van der Waals surface area contributed by atoms with Gasteiger partial charge >= 0.3 is 0 Å². The van der Waals surface area contributed by atoms with Crippen LogP contribution in [0, 0.1) is 0 Å². The molecule has 0 aromatic heterocycles. The summed E-state index contributed by atoms with van der Waals surface area (Å²) >= 11 is 2.09. The molecule has 0 saturated carbocycles. The van der Waals surface area contributed by atoms with Crippen molar-refractivity contribution in [2.75, 3.05) is 0 Å². The van der Waals surface area contributed by atoms with Gasteiger partial charge in [0.05, 0.1) is 5.25 Å². The van der Waals surface area contributed by atoms with E-state index in [0.717, 1.165) is 0 Å². The molecule has 0 spiro atoms. The summed E-state index contributed by atoms with van der Waals surface area (Å²) in [6.07, 6.45) is 9.06. The average Bonchev–Trinajstić information content (AvgIpc) is 2.47. The maximum absolute atomic E-state index is 2.50. The first-order chi connectivity index (χ1) is 8.88. The Morgan fingerprint density at radius 2 is 1.89 bits per heavy atom. The van der Waals surface area contributed by atoms with Gasteiger partial charge in [0.15, 0.2) is 0 Å². The minimum absolute atomic E-state index is 0.540. The highest BCUT2D eigenvalue weighted by Crippen LogP contribution is 2.49. The zero-order valence-corrected chi connectivity index (χ0v) is 11.8. The van der Waals surface area contributed by atoms with Crippen molar-refractivity contribution in [3.63, 3.8) is 0 Å². The predicted molar refractivity (Wildman–Crippen MR) is 80.6 cm³/mol. The summed E-state index contributed by atoms with van der Waals surface area (Å²) in [5, 5.41) is 0.540. The third kappa shape index (κ3) is 2.29. The fourth-order valence-corrected chi connectivity index (χ4v) is 4.43. The Morgan fingerprint density at radius 3 is 2.67 bits per heavy atom. The fourth-order valence-electron chi connectivity index (χ4n) is 2.96. The van der Waals surface area contributed by atoms with Gasteiger partial charge in [-0.15, -0.1) is 11.8 Å². The van der Waals surface area contributed by atoms with Gasteiger partial charge in [-0.2, -0.15) is 0 Å². The van der Waals surface area contributed by atoms with Crippen molar-refractivity contribution in [1.82, 2.24) is 0 Å². The molecule has 1 unspecified atom stereocenters. The molecule has 0 saturated heterocycles. The van der Waals surface area contributed by atoms with E-state index in [-0.39, 0.29) is 0 Å². The lowest BCUT2D eigenvalue weighted by atomic mass is 9.90. The van der Waals surface area contributed by atoms with Crippen LogP contribution in [0.2, 0.25) is 0 Å². The summed E-state index contributed by atoms with van der Waals surface area (Å²) < 4.78 is 0. The molecule has 94 valence electrons. The molecular weight excluding hydrogens is 236 g/mol. The highest BCUT2D eigenvalue weighted by atomic mass is 32.2.